The van der Waals surface area contributed by atoms with Crippen molar-refractivity contribution < 1.29 is 9.47 Å². The van der Waals surface area contributed by atoms with E-state index in [1.165, 1.54) is 0 Å². The first-order chi connectivity index (χ1) is 12.2. The predicted molar refractivity (Wildman–Crippen MR) is 98.2 cm³/mol. The van der Waals surface area contributed by atoms with Crippen LogP contribution in [0.5, 0.6) is 5.75 Å². The van der Waals surface area contributed by atoms with Gasteiger partial charge in [-0.15, -0.1) is 0 Å². The molecule has 0 radical (unpaired) electrons. The van der Waals surface area contributed by atoms with Gasteiger partial charge in [-0.1, -0.05) is 12.1 Å². The summed E-state index contributed by atoms with van der Waals surface area (Å²) < 4.78 is 12.8. The standard InChI is InChI=1S/C18H25N5O2/c1-15-14-23(18(19)21-15)20-13-16-4-2-5-17(12-16)25-9-3-6-22-7-10-24-11-8-22/h2,4-5,12-14H,3,6-11H2,1H3,(H2,19,21). The highest BCUT2D eigenvalue weighted by molar-refractivity contribution is 5.80. The molecular formula is C18H25N5O2. The average molecular weight is 343 g/mol. The number of aromatic nitrogens is 2. The van der Waals surface area contributed by atoms with E-state index in [0.29, 0.717) is 12.6 Å². The Hall–Kier alpha value is -2.38. The van der Waals surface area contributed by atoms with E-state index in [1.54, 1.807) is 17.1 Å². The minimum atomic E-state index is 0.379. The van der Waals surface area contributed by atoms with Crippen LogP contribution in [0, 0.1) is 6.92 Å². The Bertz CT molecular complexity index is 707. The smallest absolute Gasteiger partial charge is 0.221 e. The fourth-order valence-corrected chi connectivity index (χ4v) is 2.71. The van der Waals surface area contributed by atoms with Gasteiger partial charge in [-0.3, -0.25) is 4.90 Å². The molecule has 2 aromatic rings. The predicted octanol–water partition coefficient (Wildman–Crippen LogP) is 1.76. The first-order valence-electron chi connectivity index (χ1n) is 8.59. The summed E-state index contributed by atoms with van der Waals surface area (Å²) in [6.07, 6.45) is 4.54. The van der Waals surface area contributed by atoms with Crippen LogP contribution in [0.1, 0.15) is 17.7 Å². The van der Waals surface area contributed by atoms with Crippen molar-refractivity contribution in [2.45, 2.75) is 13.3 Å². The Morgan fingerprint density at radius 2 is 2.20 bits per heavy atom. The molecular weight excluding hydrogens is 318 g/mol. The zero-order valence-corrected chi connectivity index (χ0v) is 14.6. The van der Waals surface area contributed by atoms with Crippen LogP contribution in [0.3, 0.4) is 0 Å². The summed E-state index contributed by atoms with van der Waals surface area (Å²) in [5.74, 6) is 1.23. The average Bonchev–Trinajstić information content (AvgIpc) is 2.96. The second-order valence-electron chi connectivity index (χ2n) is 6.06. The molecule has 1 saturated heterocycles. The minimum absolute atomic E-state index is 0.379. The number of rotatable bonds is 7. The molecule has 1 aromatic heterocycles. The maximum atomic E-state index is 5.85. The van der Waals surface area contributed by atoms with Crippen LogP contribution in [0.4, 0.5) is 5.95 Å². The highest BCUT2D eigenvalue weighted by atomic mass is 16.5. The van der Waals surface area contributed by atoms with Crippen molar-refractivity contribution in [3.05, 3.63) is 41.7 Å². The molecule has 1 aromatic carbocycles. The van der Waals surface area contributed by atoms with Gasteiger partial charge in [0.25, 0.3) is 0 Å². The molecule has 25 heavy (non-hydrogen) atoms. The van der Waals surface area contributed by atoms with Gasteiger partial charge in [0.05, 0.1) is 37.9 Å². The summed E-state index contributed by atoms with van der Waals surface area (Å²) in [6, 6.07) is 7.87. The van der Waals surface area contributed by atoms with E-state index < -0.39 is 0 Å². The van der Waals surface area contributed by atoms with E-state index in [4.69, 9.17) is 15.2 Å². The van der Waals surface area contributed by atoms with E-state index in [2.05, 4.69) is 15.0 Å². The van der Waals surface area contributed by atoms with Crippen molar-refractivity contribution in [2.75, 3.05) is 45.2 Å². The highest BCUT2D eigenvalue weighted by Crippen LogP contribution is 2.13. The molecule has 0 saturated carbocycles. The molecule has 0 bridgehead atoms. The lowest BCUT2D eigenvalue weighted by molar-refractivity contribution is 0.0358. The van der Waals surface area contributed by atoms with Gasteiger partial charge in [-0.25, -0.2) is 9.66 Å². The van der Waals surface area contributed by atoms with Crippen molar-refractivity contribution in [3.8, 4) is 5.75 Å². The Labute approximate surface area is 148 Å². The Balaban J connectivity index is 1.48. The number of hydrogen-bond donors (Lipinski definition) is 1. The van der Waals surface area contributed by atoms with E-state index in [1.807, 2.05) is 31.2 Å². The number of benzene rings is 1. The van der Waals surface area contributed by atoms with Crippen molar-refractivity contribution in [1.82, 2.24) is 14.6 Å². The monoisotopic (exact) mass is 343 g/mol. The summed E-state index contributed by atoms with van der Waals surface area (Å²) in [4.78, 5) is 6.53. The normalized spacial score (nSPS) is 15.7. The Morgan fingerprint density at radius 3 is 2.96 bits per heavy atom. The molecule has 0 unspecified atom stereocenters. The lowest BCUT2D eigenvalue weighted by atomic mass is 10.2. The Morgan fingerprint density at radius 1 is 1.36 bits per heavy atom. The molecule has 134 valence electrons. The molecule has 1 fully saturated rings. The van der Waals surface area contributed by atoms with Crippen LogP contribution in [0.15, 0.2) is 35.6 Å². The molecule has 0 aliphatic carbocycles. The maximum Gasteiger partial charge on any atom is 0.221 e. The number of hydrogen-bond acceptors (Lipinski definition) is 6. The molecule has 0 amide bonds. The van der Waals surface area contributed by atoms with Gasteiger partial charge in [0.2, 0.25) is 5.95 Å². The van der Waals surface area contributed by atoms with E-state index in [9.17, 15) is 0 Å². The largest absolute Gasteiger partial charge is 0.494 e. The summed E-state index contributed by atoms with van der Waals surface area (Å²) in [6.45, 7) is 7.33. The molecule has 3 rings (SSSR count). The summed E-state index contributed by atoms with van der Waals surface area (Å²) in [7, 11) is 0. The second kappa shape index (κ2) is 8.64. The van der Waals surface area contributed by atoms with Crippen LogP contribution >= 0.6 is 0 Å². The highest BCUT2D eigenvalue weighted by Gasteiger charge is 2.09. The SMILES string of the molecule is Cc1cn(N=Cc2cccc(OCCCN3CCOCC3)c2)c(N)n1. The first kappa shape index (κ1) is 17.4. The summed E-state index contributed by atoms with van der Waals surface area (Å²) in [5, 5.41) is 4.33. The number of nitrogen functional groups attached to an aromatic ring is 1. The van der Waals surface area contributed by atoms with Gasteiger partial charge in [0, 0.05) is 19.6 Å². The number of morpholine rings is 1. The van der Waals surface area contributed by atoms with Gasteiger partial charge in [-0.2, -0.15) is 5.10 Å². The zero-order chi connectivity index (χ0) is 17.5. The second-order valence-corrected chi connectivity index (χ2v) is 6.06. The minimum Gasteiger partial charge on any atom is -0.494 e. The quantitative estimate of drug-likeness (QED) is 0.612. The van der Waals surface area contributed by atoms with Gasteiger partial charge in [-0.05, 0) is 31.0 Å². The third kappa shape index (κ3) is 5.30. The number of aryl methyl sites for hydroxylation is 1. The van der Waals surface area contributed by atoms with Crippen LogP contribution in [0.2, 0.25) is 0 Å². The molecule has 7 nitrogen and oxygen atoms in total. The lowest BCUT2D eigenvalue weighted by Crippen LogP contribution is -2.37. The van der Waals surface area contributed by atoms with Gasteiger partial charge >= 0.3 is 0 Å². The molecule has 2 N–H and O–H groups in total. The van der Waals surface area contributed by atoms with Crippen LogP contribution in [-0.4, -0.2) is 60.2 Å². The van der Waals surface area contributed by atoms with Gasteiger partial charge in [0.1, 0.15) is 5.75 Å². The zero-order valence-electron chi connectivity index (χ0n) is 14.6. The fourth-order valence-electron chi connectivity index (χ4n) is 2.71. The molecule has 1 aliphatic heterocycles. The van der Waals surface area contributed by atoms with E-state index in [0.717, 1.165) is 56.3 Å². The third-order valence-electron chi connectivity index (χ3n) is 4.02. The third-order valence-corrected chi connectivity index (χ3v) is 4.02. The number of nitrogens with zero attached hydrogens (tertiary/aromatic N) is 4. The van der Waals surface area contributed by atoms with Crippen molar-refractivity contribution >= 4 is 12.2 Å². The fraction of sp³-hybridized carbons (Fsp3) is 0.444. The van der Waals surface area contributed by atoms with Crippen molar-refractivity contribution in [1.29, 1.82) is 0 Å². The first-order valence-corrected chi connectivity index (χ1v) is 8.59. The number of nitrogens with two attached hydrogens (primary N) is 1. The van der Waals surface area contributed by atoms with E-state index >= 15 is 0 Å². The van der Waals surface area contributed by atoms with Crippen LogP contribution in [-0.2, 0) is 4.74 Å². The molecule has 2 heterocycles. The number of ether oxygens (including phenoxy) is 2. The number of imidazole rings is 1. The molecule has 7 heteroatoms. The van der Waals surface area contributed by atoms with Crippen molar-refractivity contribution in [2.24, 2.45) is 5.10 Å². The van der Waals surface area contributed by atoms with Gasteiger partial charge in [0.15, 0.2) is 0 Å². The lowest BCUT2D eigenvalue weighted by Gasteiger charge is -2.26. The molecule has 0 spiro atoms. The molecule has 0 atom stereocenters. The molecule has 1 aliphatic rings. The Kier molecular flexibility index (Phi) is 6.03. The van der Waals surface area contributed by atoms with E-state index in [-0.39, 0.29) is 0 Å². The van der Waals surface area contributed by atoms with Gasteiger partial charge < -0.3 is 15.2 Å². The topological polar surface area (TPSA) is 77.9 Å². The van der Waals surface area contributed by atoms with Crippen molar-refractivity contribution in [3.63, 3.8) is 0 Å². The maximum absolute atomic E-state index is 5.85. The summed E-state index contributed by atoms with van der Waals surface area (Å²) in [5.41, 5.74) is 7.57. The summed E-state index contributed by atoms with van der Waals surface area (Å²) >= 11 is 0. The van der Waals surface area contributed by atoms with Crippen LogP contribution in [0.25, 0.3) is 0 Å². The number of anilines is 1. The van der Waals surface area contributed by atoms with Crippen LogP contribution < -0.4 is 10.5 Å².